The zero-order valence-electron chi connectivity index (χ0n) is 27.4. The van der Waals surface area contributed by atoms with Gasteiger partial charge in [0.05, 0.1) is 45.4 Å². The van der Waals surface area contributed by atoms with Crippen molar-refractivity contribution in [1.29, 1.82) is 0 Å². The molecule has 1 heterocycles. The van der Waals surface area contributed by atoms with Crippen LogP contribution < -0.4 is 9.46 Å². The molecule has 1 amide bonds. The number of hydrogen-bond donors (Lipinski definition) is 2. The number of benzene rings is 3. The van der Waals surface area contributed by atoms with Crippen molar-refractivity contribution in [2.75, 3.05) is 38.1 Å². The molecule has 3 aromatic rings. The topological polar surface area (TPSA) is 108 Å². The SMILES string of the molecule is C[C@H](CO)N1C[C@H](C)[C@@H](CN(C)Cc2ccc(Cl)c(Cl)c2)OCCCC[C@H](C)Oc2ccc(NS(=O)(=O)c3ccccc3)cc2C1=O. The second-order valence-electron chi connectivity index (χ2n) is 12.4. The van der Waals surface area contributed by atoms with Crippen LogP contribution in [0.3, 0.4) is 0 Å². The molecule has 0 aliphatic carbocycles. The standard InChI is InChI=1S/C35H45Cl2N3O6S/c1-24-20-40(25(2)23-41)35(42)30-19-28(38-47(43,44)29-11-6-5-7-12-29)14-16-33(30)46-26(3)10-8-9-17-45-34(24)22-39(4)21-27-13-15-31(36)32(37)18-27/h5-7,11-16,18-19,24-26,34,38,41H,8-10,17,20-23H2,1-4H3/t24-,25+,26-,34+/m0/s1. The van der Waals surface area contributed by atoms with Crippen LogP contribution in [-0.2, 0) is 21.3 Å². The van der Waals surface area contributed by atoms with Crippen molar-refractivity contribution in [3.8, 4) is 5.75 Å². The molecular weight excluding hydrogens is 661 g/mol. The minimum absolute atomic E-state index is 0.107. The van der Waals surface area contributed by atoms with Crippen molar-refractivity contribution in [1.82, 2.24) is 9.80 Å². The number of halogens is 2. The Morgan fingerprint density at radius 3 is 2.49 bits per heavy atom. The number of nitrogens with one attached hydrogen (secondary N) is 1. The number of aliphatic hydroxyl groups is 1. The zero-order chi connectivity index (χ0) is 34.1. The van der Waals surface area contributed by atoms with Crippen LogP contribution >= 0.6 is 23.2 Å². The van der Waals surface area contributed by atoms with Crippen LogP contribution in [0.1, 0.15) is 56.0 Å². The molecule has 1 aliphatic rings. The lowest BCUT2D eigenvalue weighted by Crippen LogP contribution is -2.47. The van der Waals surface area contributed by atoms with Gasteiger partial charge < -0.3 is 19.5 Å². The van der Waals surface area contributed by atoms with Crippen LogP contribution in [0.15, 0.2) is 71.6 Å². The monoisotopic (exact) mass is 705 g/mol. The van der Waals surface area contributed by atoms with E-state index in [0.717, 1.165) is 24.8 Å². The summed E-state index contributed by atoms with van der Waals surface area (Å²) in [5, 5.41) is 11.2. The Hall–Kier alpha value is -2.86. The molecule has 0 unspecified atom stereocenters. The predicted molar refractivity (Wildman–Crippen MR) is 187 cm³/mol. The van der Waals surface area contributed by atoms with Gasteiger partial charge in [-0.15, -0.1) is 0 Å². The summed E-state index contributed by atoms with van der Waals surface area (Å²) in [5.41, 5.74) is 1.46. The lowest BCUT2D eigenvalue weighted by atomic mass is 10.0. The maximum atomic E-state index is 14.4. The highest BCUT2D eigenvalue weighted by Crippen LogP contribution is 2.30. The molecule has 0 bridgehead atoms. The van der Waals surface area contributed by atoms with Gasteiger partial charge in [-0.3, -0.25) is 14.4 Å². The molecule has 256 valence electrons. The van der Waals surface area contributed by atoms with Crippen LogP contribution in [0, 0.1) is 5.92 Å². The Kier molecular flexibility index (Phi) is 13.4. The van der Waals surface area contributed by atoms with Gasteiger partial charge in [0.15, 0.2) is 0 Å². The molecule has 4 atom stereocenters. The molecule has 0 fully saturated rings. The minimum atomic E-state index is -3.90. The second-order valence-corrected chi connectivity index (χ2v) is 14.9. The average molecular weight is 707 g/mol. The van der Waals surface area contributed by atoms with E-state index in [-0.39, 0.29) is 46.8 Å². The number of carbonyl (C=O) groups excluding carboxylic acids is 1. The van der Waals surface area contributed by atoms with E-state index >= 15 is 0 Å². The highest BCUT2D eigenvalue weighted by Gasteiger charge is 2.30. The normalized spacial score (nSPS) is 20.6. The Morgan fingerprint density at radius 2 is 1.79 bits per heavy atom. The molecule has 0 radical (unpaired) electrons. The number of carbonyl (C=O) groups is 1. The molecule has 0 spiro atoms. The van der Waals surface area contributed by atoms with Gasteiger partial charge in [-0.1, -0.05) is 54.4 Å². The van der Waals surface area contributed by atoms with Gasteiger partial charge in [-0.25, -0.2) is 8.42 Å². The predicted octanol–water partition coefficient (Wildman–Crippen LogP) is 6.72. The van der Waals surface area contributed by atoms with Crippen molar-refractivity contribution in [2.45, 2.75) is 69.7 Å². The number of sulfonamides is 1. The van der Waals surface area contributed by atoms with E-state index in [1.54, 1.807) is 48.2 Å². The van der Waals surface area contributed by atoms with E-state index in [0.29, 0.717) is 42.0 Å². The van der Waals surface area contributed by atoms with Gasteiger partial charge >= 0.3 is 0 Å². The second kappa shape index (κ2) is 17.0. The molecule has 1 aliphatic heterocycles. The number of ether oxygens (including phenoxy) is 2. The van der Waals surface area contributed by atoms with Crippen LogP contribution in [0.4, 0.5) is 5.69 Å². The number of aliphatic hydroxyl groups excluding tert-OH is 1. The summed E-state index contributed by atoms with van der Waals surface area (Å²) in [6.45, 7) is 7.59. The summed E-state index contributed by atoms with van der Waals surface area (Å²) in [5.74, 6) is -0.129. The number of anilines is 1. The Morgan fingerprint density at radius 1 is 1.04 bits per heavy atom. The van der Waals surface area contributed by atoms with E-state index in [4.69, 9.17) is 32.7 Å². The summed E-state index contributed by atoms with van der Waals surface area (Å²) >= 11 is 12.4. The van der Waals surface area contributed by atoms with Crippen molar-refractivity contribution in [3.63, 3.8) is 0 Å². The maximum absolute atomic E-state index is 14.4. The van der Waals surface area contributed by atoms with Gasteiger partial charge in [-0.05, 0) is 88.2 Å². The van der Waals surface area contributed by atoms with E-state index in [2.05, 4.69) is 9.62 Å². The van der Waals surface area contributed by atoms with E-state index in [1.807, 2.05) is 33.0 Å². The van der Waals surface area contributed by atoms with Gasteiger partial charge in [0.1, 0.15) is 5.75 Å². The summed E-state index contributed by atoms with van der Waals surface area (Å²) < 4.78 is 41.5. The minimum Gasteiger partial charge on any atom is -0.490 e. The molecule has 3 aromatic carbocycles. The lowest BCUT2D eigenvalue weighted by molar-refractivity contribution is -0.0177. The number of rotatable bonds is 9. The molecule has 0 saturated heterocycles. The Balaban J connectivity index is 1.63. The Labute approximate surface area is 288 Å². The van der Waals surface area contributed by atoms with Crippen LogP contribution in [-0.4, -0.2) is 80.8 Å². The van der Waals surface area contributed by atoms with Gasteiger partial charge in [0.25, 0.3) is 15.9 Å². The third-order valence-electron chi connectivity index (χ3n) is 8.29. The first-order valence-corrected chi connectivity index (χ1v) is 18.2. The molecule has 0 saturated carbocycles. The van der Waals surface area contributed by atoms with Gasteiger partial charge in [-0.2, -0.15) is 0 Å². The highest BCUT2D eigenvalue weighted by molar-refractivity contribution is 7.92. The van der Waals surface area contributed by atoms with Crippen LogP contribution in [0.25, 0.3) is 0 Å². The smallest absolute Gasteiger partial charge is 0.261 e. The Bertz CT molecular complexity index is 1590. The number of amides is 1. The van der Waals surface area contributed by atoms with Crippen molar-refractivity contribution < 1.29 is 27.8 Å². The third kappa shape index (κ3) is 10.3. The van der Waals surface area contributed by atoms with Gasteiger partial charge in [0.2, 0.25) is 0 Å². The fourth-order valence-corrected chi connectivity index (χ4v) is 6.98. The van der Waals surface area contributed by atoms with Gasteiger partial charge in [0, 0.05) is 37.8 Å². The summed E-state index contributed by atoms with van der Waals surface area (Å²) in [7, 11) is -1.89. The highest BCUT2D eigenvalue weighted by atomic mass is 35.5. The number of fused-ring (bicyclic) bond motifs is 1. The third-order valence-corrected chi connectivity index (χ3v) is 10.4. The first kappa shape index (κ1) is 37.0. The molecule has 9 nitrogen and oxygen atoms in total. The van der Waals surface area contributed by atoms with Crippen LogP contribution in [0.5, 0.6) is 5.75 Å². The summed E-state index contributed by atoms with van der Waals surface area (Å²) in [6, 6.07) is 17.8. The molecule has 4 rings (SSSR count). The van der Waals surface area contributed by atoms with Crippen molar-refractivity contribution >= 4 is 44.8 Å². The average Bonchev–Trinajstić information content (AvgIpc) is 3.04. The number of hydrogen-bond acceptors (Lipinski definition) is 7. The summed E-state index contributed by atoms with van der Waals surface area (Å²) in [4.78, 5) is 18.2. The lowest BCUT2D eigenvalue weighted by Gasteiger charge is -2.36. The summed E-state index contributed by atoms with van der Waals surface area (Å²) in [6.07, 6.45) is 2.04. The first-order valence-electron chi connectivity index (χ1n) is 15.9. The zero-order valence-corrected chi connectivity index (χ0v) is 29.7. The fourth-order valence-electron chi connectivity index (χ4n) is 5.58. The van der Waals surface area contributed by atoms with E-state index in [1.165, 1.54) is 18.2 Å². The first-order chi connectivity index (χ1) is 22.4. The molecule has 12 heteroatoms. The molecule has 2 N–H and O–H groups in total. The molecular formula is C35H45Cl2N3O6S. The van der Waals surface area contributed by atoms with Crippen molar-refractivity contribution in [2.24, 2.45) is 5.92 Å². The van der Waals surface area contributed by atoms with Crippen LogP contribution in [0.2, 0.25) is 10.0 Å². The number of likely N-dealkylation sites (N-methyl/N-ethyl adjacent to an activating group) is 1. The largest absolute Gasteiger partial charge is 0.490 e. The fraction of sp³-hybridized carbons (Fsp3) is 0.457. The number of nitrogens with zero attached hydrogens (tertiary/aromatic N) is 2. The van der Waals surface area contributed by atoms with E-state index in [9.17, 15) is 18.3 Å². The molecule has 0 aromatic heterocycles. The van der Waals surface area contributed by atoms with E-state index < -0.39 is 16.1 Å². The van der Waals surface area contributed by atoms with Crippen molar-refractivity contribution in [3.05, 3.63) is 87.9 Å². The quantitative estimate of drug-likeness (QED) is 0.254. The molecule has 47 heavy (non-hydrogen) atoms. The maximum Gasteiger partial charge on any atom is 0.261 e.